The van der Waals surface area contributed by atoms with E-state index in [9.17, 15) is 14.0 Å². The summed E-state index contributed by atoms with van der Waals surface area (Å²) < 4.78 is 13.5. The molecule has 0 unspecified atom stereocenters. The van der Waals surface area contributed by atoms with Gasteiger partial charge in [-0.05, 0) is 60.4 Å². The Kier molecular flexibility index (Phi) is 5.19. The molecule has 150 valence electrons. The van der Waals surface area contributed by atoms with Crippen molar-refractivity contribution < 1.29 is 14.0 Å². The number of amides is 2. The van der Waals surface area contributed by atoms with Gasteiger partial charge in [0.15, 0.2) is 0 Å². The third-order valence-corrected chi connectivity index (χ3v) is 5.22. The fourth-order valence-electron chi connectivity index (χ4n) is 3.49. The Morgan fingerprint density at radius 3 is 2.17 bits per heavy atom. The highest BCUT2D eigenvalue weighted by molar-refractivity contribution is 6.46. The molecule has 1 aliphatic heterocycles. The number of hydrogen-bond donors (Lipinski definition) is 1. The molecule has 0 bridgehead atoms. The van der Waals surface area contributed by atoms with E-state index in [1.807, 2.05) is 50.2 Å². The molecular weight excluding hydrogens is 379 g/mol. The summed E-state index contributed by atoms with van der Waals surface area (Å²) in [6, 6.07) is 20.5. The zero-order valence-corrected chi connectivity index (χ0v) is 16.8. The average Bonchev–Trinajstić information content (AvgIpc) is 3.00. The first-order valence-electron chi connectivity index (χ1n) is 9.80. The van der Waals surface area contributed by atoms with Crippen LogP contribution in [0.5, 0.6) is 0 Å². The van der Waals surface area contributed by atoms with Crippen molar-refractivity contribution in [1.29, 1.82) is 0 Å². The average molecular weight is 400 g/mol. The number of aryl methyl sites for hydroxylation is 2. The number of rotatable bonds is 5. The first kappa shape index (κ1) is 19.6. The highest BCUT2D eigenvalue weighted by atomic mass is 19.1. The molecule has 1 aliphatic rings. The monoisotopic (exact) mass is 400 g/mol. The van der Waals surface area contributed by atoms with Crippen LogP contribution in [0.3, 0.4) is 0 Å². The Morgan fingerprint density at radius 1 is 0.867 bits per heavy atom. The van der Waals surface area contributed by atoms with Gasteiger partial charge >= 0.3 is 0 Å². The maximum atomic E-state index is 13.5. The zero-order valence-electron chi connectivity index (χ0n) is 16.8. The maximum Gasteiger partial charge on any atom is 0.282 e. The number of nitrogens with zero attached hydrogens (tertiary/aromatic N) is 1. The molecule has 0 saturated carbocycles. The minimum atomic E-state index is -0.438. The number of carbonyl (C=O) groups excluding carboxylic acids is 2. The largest absolute Gasteiger partial charge is 0.350 e. The Bertz CT molecular complexity index is 1150. The van der Waals surface area contributed by atoms with Gasteiger partial charge in [0.2, 0.25) is 0 Å². The molecule has 0 fully saturated rings. The standard InChI is InChI=1S/C25H21FN2O2/c1-3-17-8-14-20(15-9-17)28-24(29)22(18-10-12-19(26)13-11-18)23(25(28)30)27-21-7-5-4-6-16(21)2/h4-15,27H,3H2,1-2H3. The SMILES string of the molecule is CCc1ccc(N2C(=O)C(Nc3ccccc3C)=C(c3ccc(F)cc3)C2=O)cc1. The van der Waals surface area contributed by atoms with E-state index in [0.717, 1.165) is 23.2 Å². The molecule has 4 nitrogen and oxygen atoms in total. The normalized spacial score (nSPS) is 13.9. The molecular formula is C25H21FN2O2. The molecule has 0 spiro atoms. The van der Waals surface area contributed by atoms with Gasteiger partial charge in [-0.25, -0.2) is 9.29 Å². The van der Waals surface area contributed by atoms with E-state index >= 15 is 0 Å². The smallest absolute Gasteiger partial charge is 0.282 e. The van der Waals surface area contributed by atoms with Gasteiger partial charge in [0.05, 0.1) is 11.3 Å². The lowest BCUT2D eigenvalue weighted by atomic mass is 10.0. The Balaban J connectivity index is 1.81. The van der Waals surface area contributed by atoms with Gasteiger partial charge in [-0.3, -0.25) is 9.59 Å². The summed E-state index contributed by atoms with van der Waals surface area (Å²) in [6.45, 7) is 3.96. The minimum Gasteiger partial charge on any atom is -0.350 e. The van der Waals surface area contributed by atoms with Crippen LogP contribution >= 0.6 is 0 Å². The minimum absolute atomic E-state index is 0.181. The van der Waals surface area contributed by atoms with E-state index < -0.39 is 17.6 Å². The molecule has 30 heavy (non-hydrogen) atoms. The molecule has 5 heteroatoms. The summed E-state index contributed by atoms with van der Waals surface area (Å²) in [4.78, 5) is 27.9. The Morgan fingerprint density at radius 2 is 1.53 bits per heavy atom. The van der Waals surface area contributed by atoms with Crippen LogP contribution in [0.15, 0.2) is 78.5 Å². The fourth-order valence-corrected chi connectivity index (χ4v) is 3.49. The van der Waals surface area contributed by atoms with E-state index in [0.29, 0.717) is 11.3 Å². The van der Waals surface area contributed by atoms with E-state index in [2.05, 4.69) is 5.32 Å². The molecule has 1 N–H and O–H groups in total. The van der Waals surface area contributed by atoms with Gasteiger partial charge in [-0.15, -0.1) is 0 Å². The van der Waals surface area contributed by atoms with Gasteiger partial charge in [0.25, 0.3) is 11.8 Å². The van der Waals surface area contributed by atoms with Crippen LogP contribution in [0, 0.1) is 12.7 Å². The van der Waals surface area contributed by atoms with Crippen molar-refractivity contribution in [1.82, 2.24) is 0 Å². The van der Waals surface area contributed by atoms with Crippen LogP contribution in [0.2, 0.25) is 0 Å². The lowest BCUT2D eigenvalue weighted by molar-refractivity contribution is -0.120. The molecule has 0 aliphatic carbocycles. The van der Waals surface area contributed by atoms with Crippen molar-refractivity contribution in [3.05, 3.63) is 101 Å². The summed E-state index contributed by atoms with van der Waals surface area (Å²) in [6.07, 6.45) is 0.862. The number of benzene rings is 3. The molecule has 1 heterocycles. The molecule has 0 atom stereocenters. The number of para-hydroxylation sites is 1. The maximum absolute atomic E-state index is 13.5. The number of imide groups is 1. The lowest BCUT2D eigenvalue weighted by Gasteiger charge is -2.16. The number of hydrogen-bond acceptors (Lipinski definition) is 3. The third kappa shape index (κ3) is 3.50. The molecule has 2 amide bonds. The Labute approximate surface area is 174 Å². The summed E-state index contributed by atoms with van der Waals surface area (Å²) in [7, 11) is 0. The predicted octanol–water partition coefficient (Wildman–Crippen LogP) is 5.09. The number of anilines is 2. The summed E-state index contributed by atoms with van der Waals surface area (Å²) >= 11 is 0. The van der Waals surface area contributed by atoms with E-state index in [-0.39, 0.29) is 11.3 Å². The zero-order chi connectivity index (χ0) is 21.3. The molecule has 0 aromatic heterocycles. The second-order valence-corrected chi connectivity index (χ2v) is 7.16. The molecule has 3 aromatic rings. The van der Waals surface area contributed by atoms with Gasteiger partial charge in [0.1, 0.15) is 11.5 Å². The lowest BCUT2D eigenvalue weighted by Crippen LogP contribution is -2.32. The topological polar surface area (TPSA) is 49.4 Å². The van der Waals surface area contributed by atoms with Crippen molar-refractivity contribution in [2.24, 2.45) is 0 Å². The Hall–Kier alpha value is -3.73. The second kappa shape index (κ2) is 7.95. The molecule has 4 rings (SSSR count). The van der Waals surface area contributed by atoms with E-state index in [1.165, 1.54) is 29.2 Å². The van der Waals surface area contributed by atoms with Crippen LogP contribution in [0.1, 0.15) is 23.6 Å². The summed E-state index contributed by atoms with van der Waals surface area (Å²) in [5.41, 5.74) is 4.18. The van der Waals surface area contributed by atoms with Crippen LogP contribution in [0.25, 0.3) is 5.57 Å². The fraction of sp³-hybridized carbons (Fsp3) is 0.120. The van der Waals surface area contributed by atoms with Crippen LogP contribution < -0.4 is 10.2 Å². The molecule has 0 radical (unpaired) electrons. The van der Waals surface area contributed by atoms with Crippen molar-refractivity contribution in [2.45, 2.75) is 20.3 Å². The van der Waals surface area contributed by atoms with Gasteiger partial charge < -0.3 is 5.32 Å². The van der Waals surface area contributed by atoms with Crippen molar-refractivity contribution in [3.63, 3.8) is 0 Å². The molecule has 0 saturated heterocycles. The van der Waals surface area contributed by atoms with Crippen LogP contribution in [0.4, 0.5) is 15.8 Å². The number of halogens is 1. The summed E-state index contributed by atoms with van der Waals surface area (Å²) in [5.74, 6) is -1.28. The first-order chi connectivity index (χ1) is 14.5. The number of carbonyl (C=O) groups is 2. The summed E-state index contributed by atoms with van der Waals surface area (Å²) in [5, 5.41) is 3.15. The van der Waals surface area contributed by atoms with E-state index in [1.54, 1.807) is 12.1 Å². The number of nitrogens with one attached hydrogen (secondary N) is 1. The first-order valence-corrected chi connectivity index (χ1v) is 9.80. The second-order valence-electron chi connectivity index (χ2n) is 7.16. The van der Waals surface area contributed by atoms with Gasteiger partial charge in [-0.1, -0.05) is 49.4 Å². The quantitative estimate of drug-likeness (QED) is 0.607. The van der Waals surface area contributed by atoms with Crippen LogP contribution in [-0.2, 0) is 16.0 Å². The van der Waals surface area contributed by atoms with Gasteiger partial charge in [0, 0.05) is 5.69 Å². The van der Waals surface area contributed by atoms with Crippen molar-refractivity contribution in [2.75, 3.05) is 10.2 Å². The predicted molar refractivity (Wildman–Crippen MR) is 116 cm³/mol. The highest BCUT2D eigenvalue weighted by Crippen LogP contribution is 2.34. The van der Waals surface area contributed by atoms with Gasteiger partial charge in [-0.2, -0.15) is 0 Å². The third-order valence-electron chi connectivity index (χ3n) is 5.22. The van der Waals surface area contributed by atoms with Crippen LogP contribution in [-0.4, -0.2) is 11.8 Å². The highest BCUT2D eigenvalue weighted by Gasteiger charge is 2.40. The van der Waals surface area contributed by atoms with E-state index in [4.69, 9.17) is 0 Å². The van der Waals surface area contributed by atoms with Crippen molar-refractivity contribution >= 4 is 28.8 Å². The van der Waals surface area contributed by atoms with Crippen molar-refractivity contribution in [3.8, 4) is 0 Å². The molecule has 3 aromatic carbocycles.